The van der Waals surface area contributed by atoms with Gasteiger partial charge in [-0.1, -0.05) is 6.08 Å². The summed E-state index contributed by atoms with van der Waals surface area (Å²) in [5.41, 5.74) is 4.83. The summed E-state index contributed by atoms with van der Waals surface area (Å²) in [6.07, 6.45) is 4.54. The minimum Gasteiger partial charge on any atom is -0.493 e. The summed E-state index contributed by atoms with van der Waals surface area (Å²) in [5.74, 6) is 1.59. The highest BCUT2D eigenvalue weighted by Crippen LogP contribution is 2.25. The van der Waals surface area contributed by atoms with Gasteiger partial charge in [-0.15, -0.1) is 0 Å². The largest absolute Gasteiger partial charge is 0.493 e. The fraction of sp³-hybridized carbons (Fsp3) is 0.467. The topological polar surface area (TPSA) is 33.7 Å². The molecule has 1 saturated heterocycles. The molecule has 2 aliphatic rings. The number of nitrogens with zero attached hydrogens (tertiary/aromatic N) is 1. The number of fused-ring (bicyclic) bond motifs is 2. The second-order valence-electron chi connectivity index (χ2n) is 5.03. The van der Waals surface area contributed by atoms with Crippen molar-refractivity contribution >= 4 is 11.8 Å². The Bertz CT molecular complexity index is 609. The summed E-state index contributed by atoms with van der Waals surface area (Å²) < 4.78 is 10.8. The first-order chi connectivity index (χ1) is 9.24. The quantitative estimate of drug-likeness (QED) is 0.844. The Morgan fingerprint density at radius 3 is 2.68 bits per heavy atom. The second kappa shape index (κ2) is 4.78. The molecule has 102 valence electrons. The first kappa shape index (κ1) is 12.4. The van der Waals surface area contributed by atoms with Gasteiger partial charge >= 0.3 is 0 Å². The van der Waals surface area contributed by atoms with Crippen LogP contribution in [0.3, 0.4) is 0 Å². The van der Waals surface area contributed by atoms with Gasteiger partial charge in [0.05, 0.1) is 20.3 Å². The number of hydrogen-bond donors (Lipinski definition) is 1. The summed E-state index contributed by atoms with van der Waals surface area (Å²) in [5, 5.41) is 4.76. The lowest BCUT2D eigenvalue weighted by molar-refractivity contribution is 0.228. The van der Waals surface area contributed by atoms with Crippen LogP contribution >= 0.6 is 0 Å². The molecule has 1 unspecified atom stereocenters. The zero-order valence-electron chi connectivity index (χ0n) is 11.7. The van der Waals surface area contributed by atoms with E-state index in [0.29, 0.717) is 6.04 Å². The second-order valence-corrected chi connectivity index (χ2v) is 5.03. The average molecular weight is 260 g/mol. The summed E-state index contributed by atoms with van der Waals surface area (Å²) in [6.45, 7) is 3.25. The molecule has 19 heavy (non-hydrogen) atoms. The van der Waals surface area contributed by atoms with E-state index < -0.39 is 0 Å². The Kier molecular flexibility index (Phi) is 3.11. The zero-order chi connectivity index (χ0) is 13.4. The van der Waals surface area contributed by atoms with Crippen molar-refractivity contribution in [1.29, 1.82) is 0 Å². The number of hydrazine groups is 1. The summed E-state index contributed by atoms with van der Waals surface area (Å²) in [6, 6.07) is 4.52. The van der Waals surface area contributed by atoms with Crippen LogP contribution in [0.2, 0.25) is 0 Å². The Balaban J connectivity index is 2.27. The molecule has 2 heterocycles. The van der Waals surface area contributed by atoms with Crippen molar-refractivity contribution in [2.75, 3.05) is 20.8 Å². The lowest BCUT2D eigenvalue weighted by atomic mass is 10.0. The SMILES string of the molecule is COc1cc2c(cc1OC)=C1CCCNN1C(C)C=2. The van der Waals surface area contributed by atoms with E-state index in [0.717, 1.165) is 24.5 Å². The minimum atomic E-state index is 0.362. The van der Waals surface area contributed by atoms with Crippen LogP contribution in [0.25, 0.3) is 11.8 Å². The van der Waals surface area contributed by atoms with Crippen LogP contribution in [0.5, 0.6) is 11.5 Å². The van der Waals surface area contributed by atoms with E-state index in [1.54, 1.807) is 14.2 Å². The third kappa shape index (κ3) is 1.96. The Morgan fingerprint density at radius 1 is 1.21 bits per heavy atom. The van der Waals surface area contributed by atoms with Gasteiger partial charge in [0, 0.05) is 17.5 Å². The maximum atomic E-state index is 5.42. The van der Waals surface area contributed by atoms with E-state index in [4.69, 9.17) is 9.47 Å². The van der Waals surface area contributed by atoms with E-state index in [1.807, 2.05) is 0 Å². The fourth-order valence-electron chi connectivity index (χ4n) is 2.94. The van der Waals surface area contributed by atoms with Gasteiger partial charge < -0.3 is 14.5 Å². The molecule has 1 fully saturated rings. The Labute approximate surface area is 113 Å². The van der Waals surface area contributed by atoms with Gasteiger partial charge in [0.15, 0.2) is 11.5 Å². The number of hydrogen-bond acceptors (Lipinski definition) is 4. The highest BCUT2D eigenvalue weighted by molar-refractivity contribution is 5.56. The fourth-order valence-corrected chi connectivity index (χ4v) is 2.94. The number of benzene rings is 1. The molecular weight excluding hydrogens is 240 g/mol. The molecule has 1 aromatic rings. The monoisotopic (exact) mass is 260 g/mol. The maximum absolute atomic E-state index is 5.42. The summed E-state index contributed by atoms with van der Waals surface area (Å²) in [4.78, 5) is 0. The van der Waals surface area contributed by atoms with E-state index in [2.05, 4.69) is 35.6 Å². The van der Waals surface area contributed by atoms with Crippen molar-refractivity contribution in [3.8, 4) is 11.5 Å². The predicted molar refractivity (Wildman–Crippen MR) is 75.2 cm³/mol. The van der Waals surface area contributed by atoms with Gasteiger partial charge in [-0.05, 0) is 37.1 Å². The van der Waals surface area contributed by atoms with E-state index in [1.165, 1.54) is 22.6 Å². The highest BCUT2D eigenvalue weighted by atomic mass is 16.5. The molecule has 0 bridgehead atoms. The van der Waals surface area contributed by atoms with Gasteiger partial charge in [-0.3, -0.25) is 0 Å². The van der Waals surface area contributed by atoms with Crippen LogP contribution in [-0.4, -0.2) is 31.8 Å². The molecule has 0 radical (unpaired) electrons. The zero-order valence-corrected chi connectivity index (χ0v) is 11.7. The normalized spacial score (nSPS) is 21.3. The maximum Gasteiger partial charge on any atom is 0.161 e. The standard InChI is InChI=1S/C15H20N2O2/c1-10-7-11-8-14(18-2)15(19-3)9-12(11)13-5-4-6-16-17(10)13/h7-10,16H,4-6H2,1-3H3. The third-order valence-corrected chi connectivity index (χ3v) is 3.86. The highest BCUT2D eigenvalue weighted by Gasteiger charge is 2.23. The van der Waals surface area contributed by atoms with Crippen LogP contribution in [0.1, 0.15) is 19.8 Å². The molecule has 3 rings (SSSR count). The Hall–Kier alpha value is -1.68. The molecule has 4 nitrogen and oxygen atoms in total. The van der Waals surface area contributed by atoms with Crippen molar-refractivity contribution in [1.82, 2.24) is 10.4 Å². The van der Waals surface area contributed by atoms with Crippen molar-refractivity contribution in [2.24, 2.45) is 0 Å². The third-order valence-electron chi connectivity index (χ3n) is 3.86. The predicted octanol–water partition coefficient (Wildman–Crippen LogP) is 0.595. The van der Waals surface area contributed by atoms with Crippen LogP contribution in [0, 0.1) is 0 Å². The average Bonchev–Trinajstić information content (AvgIpc) is 2.46. The Morgan fingerprint density at radius 2 is 1.95 bits per heavy atom. The van der Waals surface area contributed by atoms with E-state index in [9.17, 15) is 0 Å². The van der Waals surface area contributed by atoms with E-state index in [-0.39, 0.29) is 0 Å². The van der Waals surface area contributed by atoms with Gasteiger partial charge in [0.25, 0.3) is 0 Å². The van der Waals surface area contributed by atoms with Gasteiger partial charge in [-0.25, -0.2) is 5.43 Å². The molecule has 1 atom stereocenters. The van der Waals surface area contributed by atoms with Crippen molar-refractivity contribution in [3.63, 3.8) is 0 Å². The van der Waals surface area contributed by atoms with Gasteiger partial charge in [0.2, 0.25) is 0 Å². The first-order valence-corrected chi connectivity index (χ1v) is 6.74. The summed E-state index contributed by atoms with van der Waals surface area (Å²) in [7, 11) is 3.36. The molecule has 1 aromatic carbocycles. The van der Waals surface area contributed by atoms with Crippen molar-refractivity contribution < 1.29 is 9.47 Å². The molecular formula is C15H20N2O2. The van der Waals surface area contributed by atoms with Crippen LogP contribution in [0.4, 0.5) is 0 Å². The number of ether oxygens (including phenoxy) is 2. The lowest BCUT2D eigenvalue weighted by Crippen LogP contribution is -2.52. The molecule has 1 N–H and O–H groups in total. The molecule has 0 spiro atoms. The van der Waals surface area contributed by atoms with Crippen molar-refractivity contribution in [2.45, 2.75) is 25.8 Å². The van der Waals surface area contributed by atoms with Crippen molar-refractivity contribution in [3.05, 3.63) is 22.6 Å². The summed E-state index contributed by atoms with van der Waals surface area (Å²) >= 11 is 0. The number of methoxy groups -OCH3 is 2. The van der Waals surface area contributed by atoms with Gasteiger partial charge in [0.1, 0.15) is 0 Å². The first-order valence-electron chi connectivity index (χ1n) is 6.74. The number of rotatable bonds is 2. The molecule has 4 heteroatoms. The molecule has 2 aliphatic heterocycles. The molecule has 0 amide bonds. The van der Waals surface area contributed by atoms with Crippen LogP contribution < -0.4 is 25.3 Å². The minimum absolute atomic E-state index is 0.362. The smallest absolute Gasteiger partial charge is 0.161 e. The number of nitrogens with one attached hydrogen (secondary N) is 1. The van der Waals surface area contributed by atoms with Crippen LogP contribution in [0.15, 0.2) is 12.1 Å². The van der Waals surface area contributed by atoms with Crippen LogP contribution in [-0.2, 0) is 0 Å². The molecule has 0 saturated carbocycles. The van der Waals surface area contributed by atoms with E-state index >= 15 is 0 Å². The van der Waals surface area contributed by atoms with Gasteiger partial charge in [-0.2, -0.15) is 0 Å². The molecule has 0 aliphatic carbocycles. The molecule has 0 aromatic heterocycles. The lowest BCUT2D eigenvalue weighted by Gasteiger charge is -2.38.